The lowest BCUT2D eigenvalue weighted by atomic mass is 9.83. The molecule has 2 unspecified atom stereocenters. The number of hydrogen-bond acceptors (Lipinski definition) is 4. The van der Waals surface area contributed by atoms with Crippen molar-refractivity contribution in [3.8, 4) is 0 Å². The predicted molar refractivity (Wildman–Crippen MR) is 137 cm³/mol. The molecular formula is C27H34N4S. The van der Waals surface area contributed by atoms with E-state index in [2.05, 4.69) is 56.4 Å². The van der Waals surface area contributed by atoms with E-state index in [4.69, 9.17) is 9.37 Å². The number of aliphatic imine (C=N–C) groups is 1. The van der Waals surface area contributed by atoms with Crippen molar-refractivity contribution in [1.29, 1.82) is 0 Å². The number of allylic oxidation sites excluding steroid dienone is 7. The molecule has 32 heavy (non-hydrogen) atoms. The van der Waals surface area contributed by atoms with Crippen molar-refractivity contribution in [2.45, 2.75) is 66.8 Å². The van der Waals surface area contributed by atoms with Gasteiger partial charge in [0.15, 0.2) is 0 Å². The van der Waals surface area contributed by atoms with E-state index in [1.54, 1.807) is 11.5 Å². The maximum atomic E-state index is 4.85. The van der Waals surface area contributed by atoms with Crippen LogP contribution in [0.25, 0.3) is 11.1 Å². The van der Waals surface area contributed by atoms with Crippen molar-refractivity contribution in [2.75, 3.05) is 0 Å². The number of nitrogens with zero attached hydrogens (tertiary/aromatic N) is 4. The lowest BCUT2D eigenvalue weighted by Gasteiger charge is -2.21. The molecular weight excluding hydrogens is 412 g/mol. The Labute approximate surface area is 196 Å². The summed E-state index contributed by atoms with van der Waals surface area (Å²) in [6, 6.07) is 0. The SMILES string of the molecule is CC.CCn1cc(C2=CN=C3C(Cc4snc(C)c4C4=CCC(C)CC4)=CC=CC23)cn1. The number of fused-ring (bicyclic) bond motifs is 1. The van der Waals surface area contributed by atoms with E-state index in [0.29, 0.717) is 0 Å². The first-order valence-corrected chi connectivity index (χ1v) is 12.7. The van der Waals surface area contributed by atoms with Gasteiger partial charge in [0.25, 0.3) is 0 Å². The fourth-order valence-corrected chi connectivity index (χ4v) is 5.62. The van der Waals surface area contributed by atoms with Crippen LogP contribution in [0.15, 0.2) is 53.5 Å². The summed E-state index contributed by atoms with van der Waals surface area (Å²) in [6.07, 6.45) is 19.8. The third-order valence-electron chi connectivity index (χ3n) is 6.47. The van der Waals surface area contributed by atoms with Gasteiger partial charge >= 0.3 is 0 Å². The van der Waals surface area contributed by atoms with Crippen molar-refractivity contribution in [1.82, 2.24) is 14.2 Å². The molecule has 3 aliphatic rings. The molecule has 1 aliphatic heterocycles. The molecule has 0 aromatic carbocycles. The molecule has 0 bridgehead atoms. The molecule has 0 spiro atoms. The van der Waals surface area contributed by atoms with Gasteiger partial charge in [-0.1, -0.05) is 45.1 Å². The monoisotopic (exact) mass is 446 g/mol. The van der Waals surface area contributed by atoms with Gasteiger partial charge in [0.1, 0.15) is 0 Å². The molecule has 0 radical (unpaired) electrons. The Balaban J connectivity index is 0.00000119. The molecule has 2 aromatic rings. The number of aromatic nitrogens is 3. The summed E-state index contributed by atoms with van der Waals surface area (Å²) in [6.45, 7) is 11.5. The van der Waals surface area contributed by atoms with E-state index in [9.17, 15) is 0 Å². The van der Waals surface area contributed by atoms with Crippen LogP contribution in [-0.4, -0.2) is 19.9 Å². The minimum atomic E-state index is 0.228. The van der Waals surface area contributed by atoms with Gasteiger partial charge < -0.3 is 0 Å². The zero-order chi connectivity index (χ0) is 22.7. The van der Waals surface area contributed by atoms with Crippen LogP contribution >= 0.6 is 11.5 Å². The summed E-state index contributed by atoms with van der Waals surface area (Å²) in [5.41, 5.74) is 8.98. The van der Waals surface area contributed by atoms with Gasteiger partial charge in [-0.2, -0.15) is 9.47 Å². The van der Waals surface area contributed by atoms with Crippen LogP contribution < -0.4 is 0 Å². The topological polar surface area (TPSA) is 43.1 Å². The maximum Gasteiger partial charge on any atom is 0.0589 e. The summed E-state index contributed by atoms with van der Waals surface area (Å²) < 4.78 is 6.70. The smallest absolute Gasteiger partial charge is 0.0589 e. The van der Waals surface area contributed by atoms with Gasteiger partial charge in [-0.05, 0) is 67.3 Å². The second-order valence-electron chi connectivity index (χ2n) is 8.59. The largest absolute Gasteiger partial charge is 0.272 e. The van der Waals surface area contributed by atoms with E-state index in [1.165, 1.54) is 63.4 Å². The lowest BCUT2D eigenvalue weighted by Crippen LogP contribution is -2.17. The third-order valence-corrected chi connectivity index (χ3v) is 7.41. The summed E-state index contributed by atoms with van der Waals surface area (Å²) in [7, 11) is 0. The zero-order valence-corrected chi connectivity index (χ0v) is 20.7. The average Bonchev–Trinajstić information content (AvgIpc) is 3.55. The minimum absolute atomic E-state index is 0.228. The standard InChI is InChI=1S/C25H28N4S.C2H6/c1-4-29-15-20(13-27-29)22-14-26-25-19(6-5-7-21(22)25)12-23-24(17(3)28-30-23)18-10-8-16(2)9-11-18;1-2/h5-7,10,13-16,21H,4,8-9,11-12H2,1-3H3;1-2H3. The van der Waals surface area contributed by atoms with Crippen LogP contribution in [-0.2, 0) is 13.0 Å². The minimum Gasteiger partial charge on any atom is -0.272 e. The quantitative estimate of drug-likeness (QED) is 0.494. The third kappa shape index (κ3) is 4.36. The van der Waals surface area contributed by atoms with Gasteiger partial charge in [0, 0.05) is 47.3 Å². The van der Waals surface area contributed by atoms with Crippen molar-refractivity contribution < 1.29 is 0 Å². The van der Waals surface area contributed by atoms with Crippen molar-refractivity contribution in [3.05, 3.63) is 70.2 Å². The molecule has 168 valence electrons. The van der Waals surface area contributed by atoms with Gasteiger partial charge in [-0.3, -0.25) is 9.67 Å². The average molecular weight is 447 g/mol. The molecule has 2 aliphatic carbocycles. The molecule has 2 atom stereocenters. The second kappa shape index (κ2) is 9.95. The molecule has 2 aromatic heterocycles. The van der Waals surface area contributed by atoms with Crippen LogP contribution in [0.4, 0.5) is 0 Å². The van der Waals surface area contributed by atoms with Crippen LogP contribution in [0.2, 0.25) is 0 Å². The highest BCUT2D eigenvalue weighted by atomic mass is 32.1. The van der Waals surface area contributed by atoms with Crippen molar-refractivity contribution in [3.63, 3.8) is 0 Å². The highest BCUT2D eigenvalue weighted by Gasteiger charge is 2.30. The predicted octanol–water partition coefficient (Wildman–Crippen LogP) is 7.05. The lowest BCUT2D eigenvalue weighted by molar-refractivity contribution is 0.533. The summed E-state index contributed by atoms with van der Waals surface area (Å²) in [4.78, 5) is 6.23. The Bertz CT molecular complexity index is 1120. The van der Waals surface area contributed by atoms with Crippen LogP contribution in [0.3, 0.4) is 0 Å². The maximum absolute atomic E-state index is 4.85. The van der Waals surface area contributed by atoms with Gasteiger partial charge in [0.2, 0.25) is 0 Å². The van der Waals surface area contributed by atoms with E-state index in [0.717, 1.165) is 18.9 Å². The number of aryl methyl sites for hydroxylation is 2. The Morgan fingerprint density at radius 1 is 1.25 bits per heavy atom. The fraction of sp³-hybridized carbons (Fsp3) is 0.444. The summed E-state index contributed by atoms with van der Waals surface area (Å²) in [5, 5.41) is 4.45. The first-order chi connectivity index (χ1) is 15.6. The van der Waals surface area contributed by atoms with E-state index in [1.807, 2.05) is 30.9 Å². The second-order valence-corrected chi connectivity index (χ2v) is 9.45. The van der Waals surface area contributed by atoms with Crippen molar-refractivity contribution in [2.24, 2.45) is 16.8 Å². The first-order valence-electron chi connectivity index (χ1n) is 12.0. The zero-order valence-electron chi connectivity index (χ0n) is 19.9. The van der Waals surface area contributed by atoms with Gasteiger partial charge in [0.05, 0.1) is 17.6 Å². The highest BCUT2D eigenvalue weighted by Crippen LogP contribution is 2.39. The summed E-state index contributed by atoms with van der Waals surface area (Å²) in [5.74, 6) is 1.03. The Hall–Kier alpha value is -2.53. The number of hydrogen-bond donors (Lipinski definition) is 0. The Morgan fingerprint density at radius 2 is 2.09 bits per heavy atom. The molecule has 5 rings (SSSR count). The Morgan fingerprint density at radius 3 is 2.81 bits per heavy atom. The molecule has 0 amide bonds. The number of rotatable bonds is 5. The van der Waals surface area contributed by atoms with E-state index in [-0.39, 0.29) is 5.92 Å². The Kier molecular flexibility index (Phi) is 7.04. The van der Waals surface area contributed by atoms with Gasteiger partial charge in [-0.25, -0.2) is 0 Å². The fourth-order valence-electron chi connectivity index (χ4n) is 4.70. The van der Waals surface area contributed by atoms with E-state index < -0.39 is 0 Å². The van der Waals surface area contributed by atoms with Crippen LogP contribution in [0.5, 0.6) is 0 Å². The highest BCUT2D eigenvalue weighted by molar-refractivity contribution is 7.06. The van der Waals surface area contributed by atoms with Gasteiger partial charge in [-0.15, -0.1) is 0 Å². The first kappa shape index (κ1) is 22.7. The molecule has 5 heteroatoms. The van der Waals surface area contributed by atoms with E-state index >= 15 is 0 Å². The molecule has 0 saturated carbocycles. The molecule has 4 nitrogen and oxygen atoms in total. The van der Waals surface area contributed by atoms with Crippen LogP contribution in [0, 0.1) is 18.8 Å². The summed E-state index contributed by atoms with van der Waals surface area (Å²) >= 11 is 1.66. The normalized spacial score (nSPS) is 21.8. The van der Waals surface area contributed by atoms with Crippen molar-refractivity contribution >= 4 is 28.4 Å². The molecule has 0 N–H and O–H groups in total. The molecule has 0 saturated heterocycles. The molecule has 0 fully saturated rings. The van der Waals surface area contributed by atoms with Crippen LogP contribution in [0.1, 0.15) is 68.7 Å². The molecule has 3 heterocycles.